The van der Waals surface area contributed by atoms with Gasteiger partial charge in [-0.15, -0.1) is 0 Å². The Morgan fingerprint density at radius 3 is 2.55 bits per heavy atom. The molecule has 0 spiro atoms. The normalized spacial score (nSPS) is 10.2. The molecule has 1 aromatic heterocycles. The predicted octanol–water partition coefficient (Wildman–Crippen LogP) is 3.75. The quantitative estimate of drug-likeness (QED) is 0.765. The summed E-state index contributed by atoms with van der Waals surface area (Å²) in [6.45, 7) is 0. The van der Waals surface area contributed by atoms with E-state index in [9.17, 15) is 4.39 Å². The van der Waals surface area contributed by atoms with Crippen LogP contribution >= 0.6 is 0 Å². The lowest BCUT2D eigenvalue weighted by Crippen LogP contribution is -1.79. The van der Waals surface area contributed by atoms with Gasteiger partial charge in [-0.3, -0.25) is 5.10 Å². The average Bonchev–Trinajstić information content (AvgIpc) is 2.98. The predicted molar refractivity (Wildman–Crippen MR) is 74.1 cm³/mol. The van der Waals surface area contributed by atoms with Crippen molar-refractivity contribution in [3.63, 3.8) is 0 Å². The minimum atomic E-state index is -0.268. The van der Waals surface area contributed by atoms with E-state index in [0.717, 1.165) is 22.5 Å². The molecule has 1 heterocycles. The fourth-order valence-electron chi connectivity index (χ4n) is 2.00. The number of benzene rings is 2. The Labute approximate surface area is 115 Å². The molecule has 0 amide bonds. The lowest BCUT2D eigenvalue weighted by Gasteiger charge is -1.96. The van der Waals surface area contributed by atoms with Gasteiger partial charge in [-0.25, -0.2) is 4.39 Å². The maximum absolute atomic E-state index is 12.9. The average molecular weight is 263 g/mol. The molecule has 0 aliphatic heterocycles. The first-order chi connectivity index (χ1) is 9.76. The van der Waals surface area contributed by atoms with E-state index in [1.54, 1.807) is 24.3 Å². The lowest BCUT2D eigenvalue weighted by molar-refractivity contribution is 0.628. The first-order valence-electron chi connectivity index (χ1n) is 6.08. The number of hydrogen-bond donors (Lipinski definition) is 1. The van der Waals surface area contributed by atoms with Crippen molar-refractivity contribution in [3.8, 4) is 28.6 Å². The summed E-state index contributed by atoms with van der Waals surface area (Å²) in [5, 5.41) is 16.1. The van der Waals surface area contributed by atoms with Crippen molar-refractivity contribution in [3.05, 3.63) is 66.0 Å². The molecule has 0 saturated carbocycles. The van der Waals surface area contributed by atoms with Crippen LogP contribution in [0.5, 0.6) is 0 Å². The number of rotatable bonds is 2. The Morgan fingerprint density at radius 1 is 1.00 bits per heavy atom. The topological polar surface area (TPSA) is 52.5 Å². The molecule has 0 unspecified atom stereocenters. The van der Waals surface area contributed by atoms with Gasteiger partial charge in [-0.2, -0.15) is 10.4 Å². The number of hydrogen-bond acceptors (Lipinski definition) is 2. The molecule has 96 valence electrons. The third-order valence-corrected chi connectivity index (χ3v) is 3.02. The minimum absolute atomic E-state index is 0.268. The molecular formula is C16H10FN3. The molecule has 2 aromatic carbocycles. The second-order valence-electron chi connectivity index (χ2n) is 4.37. The van der Waals surface area contributed by atoms with Gasteiger partial charge in [-0.05, 0) is 48.0 Å². The van der Waals surface area contributed by atoms with E-state index in [0.29, 0.717) is 5.56 Å². The highest BCUT2D eigenvalue weighted by Gasteiger charge is 2.06. The third-order valence-electron chi connectivity index (χ3n) is 3.02. The highest BCUT2D eigenvalue weighted by molar-refractivity contribution is 5.68. The Bertz CT molecular complexity index is 782. The molecule has 3 rings (SSSR count). The van der Waals surface area contributed by atoms with Crippen LogP contribution in [-0.2, 0) is 0 Å². The number of halogens is 1. The molecule has 0 atom stereocenters. The highest BCUT2D eigenvalue weighted by Crippen LogP contribution is 2.24. The number of aromatic amines is 1. The zero-order valence-electron chi connectivity index (χ0n) is 10.5. The zero-order valence-corrected chi connectivity index (χ0v) is 10.5. The summed E-state index contributed by atoms with van der Waals surface area (Å²) < 4.78 is 12.9. The molecular weight excluding hydrogens is 253 g/mol. The molecule has 3 aromatic rings. The molecule has 0 bridgehead atoms. The smallest absolute Gasteiger partial charge is 0.123 e. The summed E-state index contributed by atoms with van der Waals surface area (Å²) in [5.74, 6) is -0.268. The SMILES string of the molecule is N#Cc1cccc(-c2cc(-c3ccc(F)cc3)[nH]n2)c1. The highest BCUT2D eigenvalue weighted by atomic mass is 19.1. The van der Waals surface area contributed by atoms with Crippen LogP contribution in [-0.4, -0.2) is 10.2 Å². The molecule has 0 aliphatic rings. The first kappa shape index (κ1) is 12.1. The van der Waals surface area contributed by atoms with Gasteiger partial charge >= 0.3 is 0 Å². The van der Waals surface area contributed by atoms with E-state index >= 15 is 0 Å². The van der Waals surface area contributed by atoms with Crippen LogP contribution in [0.2, 0.25) is 0 Å². The summed E-state index contributed by atoms with van der Waals surface area (Å²) >= 11 is 0. The van der Waals surface area contributed by atoms with Crippen LogP contribution in [0.25, 0.3) is 22.5 Å². The molecule has 3 nitrogen and oxygen atoms in total. The number of H-pyrrole nitrogens is 1. The lowest BCUT2D eigenvalue weighted by atomic mass is 10.1. The van der Waals surface area contributed by atoms with E-state index in [4.69, 9.17) is 5.26 Å². The summed E-state index contributed by atoms with van der Waals surface area (Å²) in [6.07, 6.45) is 0. The number of aromatic nitrogens is 2. The Morgan fingerprint density at radius 2 is 1.80 bits per heavy atom. The van der Waals surface area contributed by atoms with Crippen LogP contribution < -0.4 is 0 Å². The summed E-state index contributed by atoms with van der Waals surface area (Å²) in [4.78, 5) is 0. The second-order valence-corrected chi connectivity index (χ2v) is 4.37. The van der Waals surface area contributed by atoms with E-state index in [1.807, 2.05) is 18.2 Å². The Hall–Kier alpha value is -2.93. The molecule has 0 fully saturated rings. The minimum Gasteiger partial charge on any atom is -0.277 e. The molecule has 20 heavy (non-hydrogen) atoms. The fraction of sp³-hybridized carbons (Fsp3) is 0. The number of nitriles is 1. The molecule has 0 aliphatic carbocycles. The molecule has 0 radical (unpaired) electrons. The molecule has 0 saturated heterocycles. The van der Waals surface area contributed by atoms with Crippen molar-refractivity contribution in [2.45, 2.75) is 0 Å². The Balaban J connectivity index is 1.97. The number of nitrogens with zero attached hydrogens (tertiary/aromatic N) is 2. The van der Waals surface area contributed by atoms with Gasteiger partial charge in [0.25, 0.3) is 0 Å². The Kier molecular flexibility index (Phi) is 3.02. The van der Waals surface area contributed by atoms with Gasteiger partial charge in [-0.1, -0.05) is 12.1 Å². The van der Waals surface area contributed by atoms with Crippen molar-refractivity contribution < 1.29 is 4.39 Å². The first-order valence-corrected chi connectivity index (χ1v) is 6.08. The maximum Gasteiger partial charge on any atom is 0.123 e. The van der Waals surface area contributed by atoms with Crippen molar-refractivity contribution in [1.82, 2.24) is 10.2 Å². The van der Waals surface area contributed by atoms with Gasteiger partial charge in [0.2, 0.25) is 0 Å². The van der Waals surface area contributed by atoms with Crippen LogP contribution in [0.15, 0.2) is 54.6 Å². The maximum atomic E-state index is 12.9. The van der Waals surface area contributed by atoms with Gasteiger partial charge in [0.05, 0.1) is 23.0 Å². The molecule has 1 N–H and O–H groups in total. The van der Waals surface area contributed by atoms with Gasteiger partial charge in [0.1, 0.15) is 5.82 Å². The summed E-state index contributed by atoms with van der Waals surface area (Å²) in [7, 11) is 0. The monoisotopic (exact) mass is 263 g/mol. The number of nitrogens with one attached hydrogen (secondary N) is 1. The largest absolute Gasteiger partial charge is 0.277 e. The van der Waals surface area contributed by atoms with Crippen LogP contribution in [0, 0.1) is 17.1 Å². The summed E-state index contributed by atoms with van der Waals surface area (Å²) in [6, 6.07) is 17.4. The molecule has 4 heteroatoms. The van der Waals surface area contributed by atoms with Gasteiger partial charge in [0.15, 0.2) is 0 Å². The van der Waals surface area contributed by atoms with Gasteiger partial charge in [0, 0.05) is 5.56 Å². The van der Waals surface area contributed by atoms with Crippen LogP contribution in [0.4, 0.5) is 4.39 Å². The standard InChI is InChI=1S/C16H10FN3/c17-14-6-4-12(5-7-14)15-9-16(20-19-15)13-3-1-2-11(8-13)10-18/h1-9H,(H,19,20). The summed E-state index contributed by atoms with van der Waals surface area (Å²) in [5.41, 5.74) is 3.88. The second kappa shape index (κ2) is 4.98. The zero-order chi connectivity index (χ0) is 13.9. The van der Waals surface area contributed by atoms with Crippen LogP contribution in [0.1, 0.15) is 5.56 Å². The third kappa shape index (κ3) is 2.29. The van der Waals surface area contributed by atoms with Crippen LogP contribution in [0.3, 0.4) is 0 Å². The van der Waals surface area contributed by atoms with Crippen molar-refractivity contribution in [1.29, 1.82) is 5.26 Å². The van der Waals surface area contributed by atoms with E-state index in [1.165, 1.54) is 12.1 Å². The van der Waals surface area contributed by atoms with Crippen molar-refractivity contribution >= 4 is 0 Å². The van der Waals surface area contributed by atoms with Crippen molar-refractivity contribution in [2.24, 2.45) is 0 Å². The van der Waals surface area contributed by atoms with E-state index in [-0.39, 0.29) is 5.82 Å². The van der Waals surface area contributed by atoms with Gasteiger partial charge < -0.3 is 0 Å². The van der Waals surface area contributed by atoms with Crippen molar-refractivity contribution in [2.75, 3.05) is 0 Å². The van der Waals surface area contributed by atoms with E-state index < -0.39 is 0 Å². The van der Waals surface area contributed by atoms with E-state index in [2.05, 4.69) is 16.3 Å². The fourth-order valence-corrected chi connectivity index (χ4v) is 2.00.